The van der Waals surface area contributed by atoms with Crippen molar-refractivity contribution in [2.75, 3.05) is 13.7 Å². The lowest BCUT2D eigenvalue weighted by atomic mass is 10.0. The Bertz CT molecular complexity index is 384. The van der Waals surface area contributed by atoms with Crippen LogP contribution in [0.25, 0.3) is 0 Å². The van der Waals surface area contributed by atoms with Crippen LogP contribution in [0.15, 0.2) is 18.2 Å². The minimum Gasteiger partial charge on any atom is -0.383 e. The fraction of sp³-hybridized carbons (Fsp3) is 0.571. The predicted molar refractivity (Wildman–Crippen MR) is 73.5 cm³/mol. The second-order valence-corrected chi connectivity index (χ2v) is 5.27. The van der Waals surface area contributed by atoms with Crippen LogP contribution in [0.5, 0.6) is 0 Å². The van der Waals surface area contributed by atoms with Crippen molar-refractivity contribution in [3.8, 4) is 0 Å². The molecule has 102 valence electrons. The normalized spacial score (nSPS) is 14.8. The summed E-state index contributed by atoms with van der Waals surface area (Å²) in [4.78, 5) is 0. The molecule has 0 aliphatic rings. The second kappa shape index (κ2) is 7.07. The van der Waals surface area contributed by atoms with E-state index in [1.54, 1.807) is 13.2 Å². The molecule has 0 bridgehead atoms. The van der Waals surface area contributed by atoms with Gasteiger partial charge in [-0.1, -0.05) is 31.5 Å². The number of hydrogen-bond donors (Lipinski definition) is 1. The van der Waals surface area contributed by atoms with Gasteiger partial charge in [0.2, 0.25) is 0 Å². The summed E-state index contributed by atoms with van der Waals surface area (Å²) in [6.07, 6.45) is 0. The molecule has 0 amide bonds. The highest BCUT2D eigenvalue weighted by molar-refractivity contribution is 6.30. The fourth-order valence-corrected chi connectivity index (χ4v) is 1.93. The molecule has 0 saturated heterocycles. The van der Waals surface area contributed by atoms with Crippen molar-refractivity contribution in [1.82, 2.24) is 5.32 Å². The Hall–Kier alpha value is -0.640. The molecule has 1 aromatic carbocycles. The zero-order chi connectivity index (χ0) is 13.7. The van der Waals surface area contributed by atoms with E-state index < -0.39 is 0 Å². The van der Waals surface area contributed by atoms with E-state index in [1.807, 2.05) is 13.0 Å². The molecule has 1 N–H and O–H groups in total. The molecule has 2 atom stereocenters. The van der Waals surface area contributed by atoms with Crippen LogP contribution in [0.4, 0.5) is 4.39 Å². The fourth-order valence-electron chi connectivity index (χ4n) is 1.81. The maximum Gasteiger partial charge on any atom is 0.142 e. The Morgan fingerprint density at radius 2 is 2.00 bits per heavy atom. The highest BCUT2D eigenvalue weighted by Gasteiger charge is 2.17. The molecule has 1 rings (SSSR count). The van der Waals surface area contributed by atoms with Crippen LogP contribution < -0.4 is 5.32 Å². The van der Waals surface area contributed by atoms with Gasteiger partial charge in [0.1, 0.15) is 5.82 Å². The van der Waals surface area contributed by atoms with Crippen LogP contribution in [0, 0.1) is 11.7 Å². The lowest BCUT2D eigenvalue weighted by Crippen LogP contribution is -2.39. The van der Waals surface area contributed by atoms with Gasteiger partial charge in [-0.25, -0.2) is 4.39 Å². The molecule has 18 heavy (non-hydrogen) atoms. The highest BCUT2D eigenvalue weighted by atomic mass is 35.5. The molecule has 0 heterocycles. The van der Waals surface area contributed by atoms with Gasteiger partial charge in [-0.15, -0.1) is 0 Å². The number of halogens is 2. The van der Waals surface area contributed by atoms with Gasteiger partial charge in [-0.2, -0.15) is 0 Å². The van der Waals surface area contributed by atoms with E-state index in [0.29, 0.717) is 12.5 Å². The van der Waals surface area contributed by atoms with Gasteiger partial charge >= 0.3 is 0 Å². The SMILES string of the molecule is COCC(NC(C)c1ccc(Cl)c(F)c1)C(C)C. The van der Waals surface area contributed by atoms with E-state index in [1.165, 1.54) is 6.07 Å². The monoisotopic (exact) mass is 273 g/mol. The number of methoxy groups -OCH3 is 1. The molecule has 0 aromatic heterocycles. The lowest BCUT2D eigenvalue weighted by molar-refractivity contribution is 0.141. The maximum absolute atomic E-state index is 13.4. The first kappa shape index (κ1) is 15.4. The Labute approximate surface area is 113 Å². The van der Waals surface area contributed by atoms with Crippen LogP contribution in [0.2, 0.25) is 5.02 Å². The number of rotatable bonds is 6. The van der Waals surface area contributed by atoms with Crippen molar-refractivity contribution < 1.29 is 9.13 Å². The summed E-state index contributed by atoms with van der Waals surface area (Å²) in [5, 5.41) is 3.60. The molecule has 0 radical (unpaired) electrons. The molecule has 0 fully saturated rings. The van der Waals surface area contributed by atoms with E-state index in [0.717, 1.165) is 5.56 Å². The van der Waals surface area contributed by atoms with E-state index in [4.69, 9.17) is 16.3 Å². The molecule has 2 unspecified atom stereocenters. The minimum atomic E-state index is -0.379. The third-order valence-electron chi connectivity index (χ3n) is 3.06. The number of nitrogens with one attached hydrogen (secondary N) is 1. The largest absolute Gasteiger partial charge is 0.383 e. The standard InChI is InChI=1S/C14H21ClFNO/c1-9(2)14(8-18-4)17-10(3)11-5-6-12(15)13(16)7-11/h5-7,9-10,14,17H,8H2,1-4H3. The molecular weight excluding hydrogens is 253 g/mol. The van der Waals surface area contributed by atoms with Crippen LogP contribution in [-0.4, -0.2) is 19.8 Å². The quantitative estimate of drug-likeness (QED) is 0.851. The first-order chi connectivity index (χ1) is 8.45. The number of hydrogen-bond acceptors (Lipinski definition) is 2. The van der Waals surface area contributed by atoms with Crippen LogP contribution in [0.1, 0.15) is 32.4 Å². The summed E-state index contributed by atoms with van der Waals surface area (Å²) < 4.78 is 18.6. The first-order valence-electron chi connectivity index (χ1n) is 6.15. The van der Waals surface area contributed by atoms with Crippen molar-refractivity contribution in [1.29, 1.82) is 0 Å². The average Bonchev–Trinajstić information content (AvgIpc) is 2.31. The van der Waals surface area contributed by atoms with Crippen LogP contribution in [-0.2, 0) is 4.74 Å². The average molecular weight is 274 g/mol. The summed E-state index contributed by atoms with van der Waals surface area (Å²) in [6.45, 7) is 6.91. The summed E-state index contributed by atoms with van der Waals surface area (Å²) in [7, 11) is 1.68. The highest BCUT2D eigenvalue weighted by Crippen LogP contribution is 2.21. The van der Waals surface area contributed by atoms with Gasteiger partial charge in [0.05, 0.1) is 11.6 Å². The minimum absolute atomic E-state index is 0.0549. The summed E-state index contributed by atoms with van der Waals surface area (Å²) >= 11 is 5.68. The van der Waals surface area contributed by atoms with Crippen LogP contribution >= 0.6 is 11.6 Å². The van der Waals surface area contributed by atoms with Gasteiger partial charge in [0.25, 0.3) is 0 Å². The zero-order valence-corrected chi connectivity index (χ0v) is 12.1. The Morgan fingerprint density at radius 3 is 2.50 bits per heavy atom. The van der Waals surface area contributed by atoms with Gasteiger partial charge in [0, 0.05) is 19.2 Å². The van der Waals surface area contributed by atoms with Gasteiger partial charge in [-0.3, -0.25) is 0 Å². The summed E-state index contributed by atoms with van der Waals surface area (Å²) in [6, 6.07) is 5.20. The van der Waals surface area contributed by atoms with E-state index in [2.05, 4.69) is 19.2 Å². The second-order valence-electron chi connectivity index (χ2n) is 4.87. The first-order valence-corrected chi connectivity index (χ1v) is 6.53. The topological polar surface area (TPSA) is 21.3 Å². The molecule has 0 aliphatic carbocycles. The van der Waals surface area contributed by atoms with Gasteiger partial charge < -0.3 is 10.1 Å². The number of ether oxygens (including phenoxy) is 1. The summed E-state index contributed by atoms with van der Waals surface area (Å²) in [5.41, 5.74) is 0.888. The van der Waals surface area contributed by atoms with Gasteiger partial charge in [0.15, 0.2) is 0 Å². The van der Waals surface area contributed by atoms with Crippen molar-refractivity contribution >= 4 is 11.6 Å². The molecule has 4 heteroatoms. The Kier molecular flexibility index (Phi) is 6.06. The molecule has 0 spiro atoms. The van der Waals surface area contributed by atoms with Crippen LogP contribution in [0.3, 0.4) is 0 Å². The van der Waals surface area contributed by atoms with E-state index >= 15 is 0 Å². The molecule has 0 saturated carbocycles. The van der Waals surface area contributed by atoms with E-state index in [-0.39, 0.29) is 22.9 Å². The predicted octanol–water partition coefficient (Wildman–Crippen LogP) is 3.80. The Balaban J connectivity index is 2.73. The van der Waals surface area contributed by atoms with Crippen molar-refractivity contribution in [3.05, 3.63) is 34.6 Å². The van der Waals surface area contributed by atoms with E-state index in [9.17, 15) is 4.39 Å². The molecule has 1 aromatic rings. The lowest BCUT2D eigenvalue weighted by Gasteiger charge is -2.26. The molecular formula is C14H21ClFNO. The van der Waals surface area contributed by atoms with Gasteiger partial charge in [-0.05, 0) is 30.5 Å². The molecule has 2 nitrogen and oxygen atoms in total. The number of benzene rings is 1. The van der Waals surface area contributed by atoms with Crippen molar-refractivity contribution in [2.45, 2.75) is 32.9 Å². The van der Waals surface area contributed by atoms with Crippen molar-refractivity contribution in [2.24, 2.45) is 5.92 Å². The van der Waals surface area contributed by atoms with Crippen molar-refractivity contribution in [3.63, 3.8) is 0 Å². The molecule has 0 aliphatic heterocycles. The Morgan fingerprint density at radius 1 is 1.33 bits per heavy atom. The smallest absolute Gasteiger partial charge is 0.142 e. The zero-order valence-electron chi connectivity index (χ0n) is 11.3. The third-order valence-corrected chi connectivity index (χ3v) is 3.37. The summed E-state index contributed by atoms with van der Waals surface area (Å²) in [5.74, 6) is 0.0696. The maximum atomic E-state index is 13.4. The third kappa shape index (κ3) is 4.23.